The number of aromatic nitrogens is 1. The van der Waals surface area contributed by atoms with Gasteiger partial charge in [0.15, 0.2) is 11.6 Å². The molecule has 14 nitrogen and oxygen atoms in total. The number of aryl methyl sites for hydroxylation is 3. The first-order valence-electron chi connectivity index (χ1n) is 21.3. The van der Waals surface area contributed by atoms with Crippen LogP contribution in [0, 0.1) is 25.1 Å². The minimum atomic E-state index is -0.953. The molecule has 16 heteroatoms. The number of nitrogens with zero attached hydrogens (tertiary/aromatic N) is 2. The molecule has 0 bridgehead atoms. The van der Waals surface area contributed by atoms with Crippen molar-refractivity contribution >= 4 is 41.1 Å². The first kappa shape index (κ1) is 49.6. The average molecular weight is 881 g/mol. The number of hydrogen-bond donors (Lipinski definition) is 5. The molecule has 1 aliphatic rings. The molecule has 2 heterocycles. The molecule has 0 radical (unpaired) electrons. The third-order valence-corrected chi connectivity index (χ3v) is 11.5. The summed E-state index contributed by atoms with van der Waals surface area (Å²) < 4.78 is 26.8. The molecular weight excluding hydrogens is 816 g/mol. The molecule has 5 atom stereocenters. The van der Waals surface area contributed by atoms with Crippen LogP contribution >= 0.6 is 11.3 Å². The van der Waals surface area contributed by atoms with Gasteiger partial charge in [-0.05, 0) is 101 Å². The predicted molar refractivity (Wildman–Crippen MR) is 237 cm³/mol. The van der Waals surface area contributed by atoms with E-state index >= 15 is 4.39 Å². The average Bonchev–Trinajstić information content (AvgIpc) is 3.79. The summed E-state index contributed by atoms with van der Waals surface area (Å²) in [5.74, 6) is -2.21. The van der Waals surface area contributed by atoms with E-state index in [1.54, 1.807) is 49.8 Å². The van der Waals surface area contributed by atoms with Crippen LogP contribution in [-0.2, 0) is 30.3 Å². The second-order valence-electron chi connectivity index (χ2n) is 18.3. The molecule has 0 spiro atoms. The van der Waals surface area contributed by atoms with Crippen molar-refractivity contribution in [1.82, 2.24) is 25.8 Å². The smallest absolute Gasteiger partial charge is 0.407 e. The Bertz CT molecular complexity index is 2030. The minimum absolute atomic E-state index is 0.00999. The summed E-state index contributed by atoms with van der Waals surface area (Å²) in [6, 6.07) is 8.31. The highest BCUT2D eigenvalue weighted by Gasteiger charge is 2.44. The van der Waals surface area contributed by atoms with Gasteiger partial charge in [-0.25, -0.2) is 14.2 Å². The molecule has 6 N–H and O–H groups in total. The van der Waals surface area contributed by atoms with Crippen LogP contribution in [0.15, 0.2) is 41.9 Å². The Labute approximate surface area is 368 Å². The normalized spacial score (nSPS) is 16.9. The van der Waals surface area contributed by atoms with Crippen LogP contribution in [0.3, 0.4) is 0 Å². The lowest BCUT2D eigenvalue weighted by Gasteiger charge is -2.35. The Morgan fingerprint density at radius 2 is 1.68 bits per heavy atom. The molecule has 1 fully saturated rings. The van der Waals surface area contributed by atoms with Gasteiger partial charge in [-0.1, -0.05) is 57.5 Å². The number of rotatable bonds is 19. The highest BCUT2D eigenvalue weighted by Crippen LogP contribution is 2.30. The SMILES string of the molecule is Cc1cc(CCCCCC(=O)N[C@H](C(=O)N2CC(O)C[C@H]2C(=O)N[C@@H](C)c2ccc(-c3scnc3C)cc2)C(C)(C)C)c(F)c(OC[C@H](CCC(N)=O)NC(=O)OC(C)(C)C)c1. The van der Waals surface area contributed by atoms with E-state index in [-0.39, 0.29) is 62.4 Å². The van der Waals surface area contributed by atoms with E-state index in [1.165, 1.54) is 4.90 Å². The number of benzene rings is 2. The number of aliphatic hydroxyl groups excluding tert-OH is 1. The molecule has 0 saturated carbocycles. The molecule has 62 heavy (non-hydrogen) atoms. The highest BCUT2D eigenvalue weighted by molar-refractivity contribution is 7.13. The van der Waals surface area contributed by atoms with Gasteiger partial charge in [0.05, 0.1) is 34.3 Å². The minimum Gasteiger partial charge on any atom is -0.488 e. The van der Waals surface area contributed by atoms with Crippen molar-refractivity contribution in [2.45, 2.75) is 150 Å². The fraction of sp³-hybridized carbons (Fsp3) is 0.565. The number of carbonyl (C=O) groups is 5. The van der Waals surface area contributed by atoms with Crippen LogP contribution in [0.25, 0.3) is 10.4 Å². The summed E-state index contributed by atoms with van der Waals surface area (Å²) in [5, 5.41) is 19.2. The van der Waals surface area contributed by atoms with E-state index in [9.17, 15) is 29.1 Å². The summed E-state index contributed by atoms with van der Waals surface area (Å²) in [6.07, 6.45) is 0.844. The number of likely N-dealkylation sites (tertiary alicyclic amines) is 1. The maximum Gasteiger partial charge on any atom is 0.407 e. The van der Waals surface area contributed by atoms with E-state index < -0.39 is 59.0 Å². The standard InChI is InChI=1S/C46H65FN6O8S/c1-27-21-32(39(47)36(22-27)60-25-33(19-20-37(48)55)51-44(59)61-46(7,8)9)13-11-10-12-14-38(56)52-41(45(4,5)6)43(58)53-24-34(54)23-35(53)42(57)50-28(2)30-15-17-31(18-16-30)40-29(3)49-26-62-40/h15-18,21-22,26,28,33-35,41,54H,10-14,19-20,23-25H2,1-9H3,(H2,48,55)(H,50,57)(H,51,59)(H,52,56)/t28-,33-,34?,35-,41+/m0/s1. The van der Waals surface area contributed by atoms with E-state index in [4.69, 9.17) is 15.2 Å². The number of aliphatic hydroxyl groups is 1. The molecule has 0 aliphatic carbocycles. The van der Waals surface area contributed by atoms with E-state index in [0.29, 0.717) is 31.2 Å². The van der Waals surface area contributed by atoms with Crippen LogP contribution < -0.4 is 26.4 Å². The van der Waals surface area contributed by atoms with Crippen molar-refractivity contribution in [3.63, 3.8) is 0 Å². The number of β-amino-alcohol motifs (C(OH)–C–C–N with tert-alkyl or cyclic N) is 1. The van der Waals surface area contributed by atoms with E-state index in [1.807, 2.05) is 65.8 Å². The molecule has 1 aromatic heterocycles. The van der Waals surface area contributed by atoms with Gasteiger partial charge in [0, 0.05) is 25.8 Å². The van der Waals surface area contributed by atoms with Gasteiger partial charge in [-0.3, -0.25) is 19.2 Å². The van der Waals surface area contributed by atoms with Gasteiger partial charge in [-0.15, -0.1) is 11.3 Å². The summed E-state index contributed by atoms with van der Waals surface area (Å²) in [7, 11) is 0. The maximum absolute atomic E-state index is 15.7. The lowest BCUT2D eigenvalue weighted by Crippen LogP contribution is -2.57. The van der Waals surface area contributed by atoms with E-state index in [0.717, 1.165) is 27.3 Å². The van der Waals surface area contributed by atoms with Crippen LogP contribution in [0.1, 0.15) is 122 Å². The number of unbranched alkanes of at least 4 members (excludes halogenated alkanes) is 2. The number of carbonyl (C=O) groups excluding carboxylic acids is 5. The van der Waals surface area contributed by atoms with Crippen molar-refractivity contribution in [2.75, 3.05) is 13.2 Å². The number of hydrogen-bond acceptors (Lipinski definition) is 10. The van der Waals surface area contributed by atoms with Crippen molar-refractivity contribution in [2.24, 2.45) is 11.1 Å². The molecular formula is C46H65FN6O8S. The lowest BCUT2D eigenvalue weighted by atomic mass is 9.85. The quantitative estimate of drug-likeness (QED) is 0.0825. The number of nitrogens with one attached hydrogen (secondary N) is 3. The Hall–Kier alpha value is -5.09. The summed E-state index contributed by atoms with van der Waals surface area (Å²) in [5.41, 5.74) is 9.77. The second-order valence-corrected chi connectivity index (χ2v) is 19.2. The summed E-state index contributed by atoms with van der Waals surface area (Å²) in [4.78, 5) is 71.7. The number of halogens is 1. The van der Waals surface area contributed by atoms with Gasteiger partial charge < -0.3 is 41.2 Å². The highest BCUT2D eigenvalue weighted by atomic mass is 32.1. The zero-order chi connectivity index (χ0) is 45.9. The van der Waals surface area contributed by atoms with Crippen LogP contribution in [0.4, 0.5) is 9.18 Å². The molecule has 340 valence electrons. The largest absolute Gasteiger partial charge is 0.488 e. The number of nitrogens with two attached hydrogens (primary N) is 1. The number of primary amides is 1. The van der Waals surface area contributed by atoms with Crippen molar-refractivity contribution in [3.05, 3.63) is 70.1 Å². The first-order chi connectivity index (χ1) is 29.0. The van der Waals surface area contributed by atoms with Gasteiger partial charge in [0.1, 0.15) is 24.3 Å². The monoisotopic (exact) mass is 880 g/mol. The number of amides is 5. The van der Waals surface area contributed by atoms with Gasteiger partial charge >= 0.3 is 6.09 Å². The molecule has 1 unspecified atom stereocenters. The number of ether oxygens (including phenoxy) is 2. The Morgan fingerprint density at radius 1 is 0.984 bits per heavy atom. The van der Waals surface area contributed by atoms with E-state index in [2.05, 4.69) is 20.9 Å². The van der Waals surface area contributed by atoms with Gasteiger partial charge in [0.2, 0.25) is 23.6 Å². The maximum atomic E-state index is 15.7. The van der Waals surface area contributed by atoms with Gasteiger partial charge in [-0.2, -0.15) is 0 Å². The summed E-state index contributed by atoms with van der Waals surface area (Å²) in [6.45, 7) is 16.2. The van der Waals surface area contributed by atoms with Crippen LogP contribution in [0.5, 0.6) is 5.75 Å². The number of alkyl carbamates (subject to hydrolysis) is 1. The zero-order valence-electron chi connectivity index (χ0n) is 37.6. The second kappa shape index (κ2) is 21.8. The third-order valence-electron chi connectivity index (χ3n) is 10.6. The zero-order valence-corrected chi connectivity index (χ0v) is 38.4. The first-order valence-corrected chi connectivity index (χ1v) is 22.2. The number of thiazole rings is 1. The molecule has 3 aromatic rings. The molecule has 1 aliphatic heterocycles. The molecule has 1 saturated heterocycles. The Balaban J connectivity index is 1.29. The predicted octanol–water partition coefficient (Wildman–Crippen LogP) is 6.58. The molecule has 5 amide bonds. The topological polar surface area (TPSA) is 202 Å². The Kier molecular flexibility index (Phi) is 17.4. The van der Waals surface area contributed by atoms with Crippen molar-refractivity contribution in [1.29, 1.82) is 0 Å². The lowest BCUT2D eigenvalue weighted by molar-refractivity contribution is -0.144. The fourth-order valence-electron chi connectivity index (χ4n) is 7.30. The van der Waals surface area contributed by atoms with Crippen molar-refractivity contribution in [3.8, 4) is 16.2 Å². The Morgan fingerprint density at radius 3 is 2.29 bits per heavy atom. The van der Waals surface area contributed by atoms with Crippen LogP contribution in [-0.4, -0.2) is 87.7 Å². The van der Waals surface area contributed by atoms with Gasteiger partial charge in [0.25, 0.3) is 0 Å². The molecule has 2 aromatic carbocycles. The third kappa shape index (κ3) is 14.8. The van der Waals surface area contributed by atoms with Crippen molar-refractivity contribution < 1.29 is 42.9 Å². The fourth-order valence-corrected chi connectivity index (χ4v) is 8.11. The summed E-state index contributed by atoms with van der Waals surface area (Å²) >= 11 is 1.56. The molecule has 4 rings (SSSR count). The van der Waals surface area contributed by atoms with Crippen LogP contribution in [0.2, 0.25) is 0 Å².